The van der Waals surface area contributed by atoms with Crippen molar-refractivity contribution in [1.29, 1.82) is 0 Å². The minimum absolute atomic E-state index is 0.0517. The summed E-state index contributed by atoms with van der Waals surface area (Å²) in [7, 11) is 4.32. The van der Waals surface area contributed by atoms with E-state index in [1.54, 1.807) is 11.3 Å². The molecule has 2 aromatic heterocycles. The largest absolute Gasteiger partial charge is 0.448 e. The Kier molecular flexibility index (Phi) is 7.05. The molecule has 41 heavy (non-hydrogen) atoms. The molecule has 2 aliphatic heterocycles. The van der Waals surface area contributed by atoms with Gasteiger partial charge in [0, 0.05) is 57.6 Å². The van der Waals surface area contributed by atoms with Gasteiger partial charge in [-0.1, -0.05) is 0 Å². The molecule has 3 aromatic rings. The number of aromatic nitrogens is 1. The Hall–Kier alpha value is -3.10. The maximum Gasteiger partial charge on any atom is 0.254 e. The van der Waals surface area contributed by atoms with Crippen LogP contribution in [-0.2, 0) is 13.0 Å². The minimum atomic E-state index is -0.773. The summed E-state index contributed by atoms with van der Waals surface area (Å²) in [5, 5.41) is 0. The molecule has 1 fully saturated rings. The number of aryl methyl sites for hydroxylation is 3. The van der Waals surface area contributed by atoms with Gasteiger partial charge < -0.3 is 24.3 Å². The number of carbonyl (C=O) groups is 1. The van der Waals surface area contributed by atoms with Crippen molar-refractivity contribution >= 4 is 17.2 Å². The molecular formula is C33H41N3O4S. The summed E-state index contributed by atoms with van der Waals surface area (Å²) in [6.45, 7) is 10.8. The third-order valence-corrected chi connectivity index (χ3v) is 10.5. The molecule has 0 unspecified atom stereocenters. The van der Waals surface area contributed by atoms with Crippen LogP contribution in [0, 0.1) is 33.6 Å². The van der Waals surface area contributed by atoms with Gasteiger partial charge in [0.2, 0.25) is 0 Å². The van der Waals surface area contributed by atoms with Gasteiger partial charge in [-0.2, -0.15) is 0 Å². The predicted octanol–water partition coefficient (Wildman–Crippen LogP) is 6.14. The van der Waals surface area contributed by atoms with Crippen LogP contribution in [0.2, 0.25) is 0 Å². The molecule has 1 aliphatic carbocycles. The summed E-state index contributed by atoms with van der Waals surface area (Å²) >= 11 is 1.72. The molecule has 0 bridgehead atoms. The van der Waals surface area contributed by atoms with Crippen LogP contribution in [-0.4, -0.2) is 53.2 Å². The summed E-state index contributed by atoms with van der Waals surface area (Å²) in [4.78, 5) is 36.3. The van der Waals surface area contributed by atoms with E-state index in [2.05, 4.69) is 50.0 Å². The number of pyridine rings is 1. The molecule has 1 N–H and O–H groups in total. The van der Waals surface area contributed by atoms with E-state index in [-0.39, 0.29) is 23.9 Å². The minimum Gasteiger partial charge on any atom is -0.448 e. The van der Waals surface area contributed by atoms with E-state index in [9.17, 15) is 9.59 Å². The first-order valence-corrected chi connectivity index (χ1v) is 15.6. The zero-order chi connectivity index (χ0) is 29.2. The van der Waals surface area contributed by atoms with Crippen LogP contribution < -0.4 is 15.0 Å². The molecule has 0 spiro atoms. The van der Waals surface area contributed by atoms with Crippen LogP contribution in [0.3, 0.4) is 0 Å². The zero-order valence-corrected chi connectivity index (χ0v) is 26.1. The van der Waals surface area contributed by atoms with Crippen LogP contribution in [0.15, 0.2) is 23.0 Å². The van der Waals surface area contributed by atoms with E-state index in [4.69, 9.17) is 9.47 Å². The van der Waals surface area contributed by atoms with E-state index in [1.165, 1.54) is 4.88 Å². The number of hydrogen-bond acceptors (Lipinski definition) is 6. The molecule has 1 saturated carbocycles. The van der Waals surface area contributed by atoms with Crippen LogP contribution in [0.4, 0.5) is 0 Å². The van der Waals surface area contributed by atoms with Gasteiger partial charge in [0.15, 0.2) is 11.5 Å². The van der Waals surface area contributed by atoms with Crippen molar-refractivity contribution in [3.05, 3.63) is 66.9 Å². The third-order valence-electron chi connectivity index (χ3n) is 9.49. The number of thiophene rings is 1. The Balaban J connectivity index is 1.40. The van der Waals surface area contributed by atoms with Gasteiger partial charge >= 0.3 is 0 Å². The summed E-state index contributed by atoms with van der Waals surface area (Å²) in [5.41, 5.74) is 5.80. The molecule has 8 heteroatoms. The number of rotatable bonds is 5. The van der Waals surface area contributed by atoms with Crippen LogP contribution in [0.1, 0.15) is 75.8 Å². The van der Waals surface area contributed by atoms with Gasteiger partial charge in [0.25, 0.3) is 17.3 Å². The Morgan fingerprint density at radius 1 is 1.02 bits per heavy atom. The lowest BCUT2D eigenvalue weighted by molar-refractivity contribution is -0.123. The number of nitrogens with one attached hydrogen (secondary N) is 1. The fourth-order valence-corrected chi connectivity index (χ4v) is 8.05. The van der Waals surface area contributed by atoms with E-state index >= 15 is 0 Å². The summed E-state index contributed by atoms with van der Waals surface area (Å²) in [6.07, 6.45) is 5.01. The first-order chi connectivity index (χ1) is 19.5. The van der Waals surface area contributed by atoms with Crippen molar-refractivity contribution in [3.8, 4) is 21.9 Å². The maximum absolute atomic E-state index is 14.2. The second kappa shape index (κ2) is 10.3. The first kappa shape index (κ1) is 28.0. The van der Waals surface area contributed by atoms with Crippen LogP contribution >= 0.6 is 11.3 Å². The second-order valence-electron chi connectivity index (χ2n) is 12.5. The lowest BCUT2D eigenvalue weighted by Gasteiger charge is -2.39. The van der Waals surface area contributed by atoms with E-state index < -0.39 is 5.79 Å². The highest BCUT2D eigenvalue weighted by molar-refractivity contribution is 7.15. The van der Waals surface area contributed by atoms with Gasteiger partial charge in [-0.15, -0.1) is 11.3 Å². The van der Waals surface area contributed by atoms with Crippen molar-refractivity contribution in [1.82, 2.24) is 14.8 Å². The van der Waals surface area contributed by atoms with Crippen molar-refractivity contribution in [2.45, 2.75) is 85.1 Å². The van der Waals surface area contributed by atoms with Crippen molar-refractivity contribution in [2.24, 2.45) is 5.92 Å². The highest BCUT2D eigenvalue weighted by atomic mass is 32.1. The number of carbonyl (C=O) groups excluding carboxylic acids is 1. The summed E-state index contributed by atoms with van der Waals surface area (Å²) < 4.78 is 13.7. The molecule has 6 rings (SSSR count). The molecule has 3 aliphatic rings. The molecule has 218 valence electrons. The fourth-order valence-electron chi connectivity index (χ4n) is 7.11. The van der Waals surface area contributed by atoms with Crippen molar-refractivity contribution in [2.75, 3.05) is 20.6 Å². The zero-order valence-electron chi connectivity index (χ0n) is 25.3. The highest BCUT2D eigenvalue weighted by Crippen LogP contribution is 2.56. The van der Waals surface area contributed by atoms with Crippen LogP contribution in [0.5, 0.6) is 11.5 Å². The van der Waals surface area contributed by atoms with Gasteiger partial charge in [0.1, 0.15) is 0 Å². The van der Waals surface area contributed by atoms with Gasteiger partial charge in [0.05, 0.1) is 12.1 Å². The number of fused-ring (bicyclic) bond motifs is 2. The lowest BCUT2D eigenvalue weighted by Crippen LogP contribution is -2.46. The normalized spacial score (nSPS) is 23.8. The Morgan fingerprint density at radius 3 is 2.37 bits per heavy atom. The first-order valence-electron chi connectivity index (χ1n) is 14.8. The molecule has 4 heterocycles. The molecule has 7 nitrogen and oxygen atoms in total. The van der Waals surface area contributed by atoms with Crippen LogP contribution in [0.25, 0.3) is 10.4 Å². The third kappa shape index (κ3) is 4.79. The quantitative estimate of drug-likeness (QED) is 0.395. The lowest BCUT2D eigenvalue weighted by atomic mass is 9.81. The predicted molar refractivity (Wildman–Crippen MR) is 163 cm³/mol. The number of ether oxygens (including phenoxy) is 2. The molecule has 1 atom stereocenters. The molecule has 1 aromatic carbocycles. The standard InChI is InChI=1S/C33H41N3O4S/c1-18-16-19(2)34-31(37)25(18)17-36-15-14-24-27(32(36)38)21(4)29-30(28(24)26-13-8-20(3)41-26)40-33(5,39-29)22-9-11-23(12-10-22)35(6)7/h8,13,16,22-23H,9-12,14-15,17H2,1-7H3,(H,34,37)/t22-,23-,33-/m0/s1. The van der Waals surface area contributed by atoms with Gasteiger partial charge in [-0.3, -0.25) is 9.59 Å². The monoisotopic (exact) mass is 575 g/mol. The number of aromatic amines is 1. The van der Waals surface area contributed by atoms with E-state index in [0.29, 0.717) is 35.9 Å². The Morgan fingerprint density at radius 2 is 1.73 bits per heavy atom. The van der Waals surface area contributed by atoms with E-state index in [0.717, 1.165) is 64.3 Å². The molecule has 0 radical (unpaired) electrons. The fraction of sp³-hybridized carbons (Fsp3) is 0.515. The number of nitrogens with zero attached hydrogens (tertiary/aromatic N) is 2. The SMILES string of the molecule is Cc1cc(C)c(CN2CCc3c(c(C)c4c(c3-c3ccc(C)s3)O[C@@](C)([C@H]3CC[C@H](N(C)C)CC3)O4)C2=O)c(=O)[nH]1. The number of H-pyrrole nitrogens is 1. The highest BCUT2D eigenvalue weighted by Gasteiger charge is 2.49. The second-order valence-corrected chi connectivity index (χ2v) is 13.8. The Bertz CT molecular complexity index is 1580. The topological polar surface area (TPSA) is 74.9 Å². The van der Waals surface area contributed by atoms with Gasteiger partial charge in [-0.05, 0) is 103 Å². The van der Waals surface area contributed by atoms with Gasteiger partial charge in [-0.25, -0.2) is 0 Å². The summed E-state index contributed by atoms with van der Waals surface area (Å²) in [6, 6.07) is 6.82. The number of amides is 1. The van der Waals surface area contributed by atoms with E-state index in [1.807, 2.05) is 31.7 Å². The Labute approximate surface area is 246 Å². The molecule has 1 amide bonds. The molecular weight excluding hydrogens is 534 g/mol. The maximum atomic E-state index is 14.2. The average molecular weight is 576 g/mol. The van der Waals surface area contributed by atoms with Crippen molar-refractivity contribution in [3.63, 3.8) is 0 Å². The molecule has 0 saturated heterocycles. The average Bonchev–Trinajstić information content (AvgIpc) is 3.51. The summed E-state index contributed by atoms with van der Waals surface area (Å²) in [5.74, 6) is 0.923. The number of hydrogen-bond donors (Lipinski definition) is 1. The number of benzene rings is 1. The smallest absolute Gasteiger partial charge is 0.254 e. The van der Waals surface area contributed by atoms with Crippen molar-refractivity contribution < 1.29 is 14.3 Å².